The molecule has 4 nitrogen and oxygen atoms in total. The van der Waals surface area contributed by atoms with Gasteiger partial charge in [0.05, 0.1) is 21.3 Å². The highest BCUT2D eigenvalue weighted by Gasteiger charge is 2.30. The number of hydrogen-bond donors (Lipinski definition) is 1. The van der Waals surface area contributed by atoms with Gasteiger partial charge in [-0.1, -0.05) is 6.92 Å². The normalized spacial score (nSPS) is 16.5. The van der Waals surface area contributed by atoms with Crippen LogP contribution in [-0.2, 0) is 12.5 Å². The molecule has 0 spiro atoms. The Balaban J connectivity index is 4.26. The summed E-state index contributed by atoms with van der Waals surface area (Å²) in [5, 5.41) is -0.192. The monoisotopic (exact) mass is 183 g/mol. The van der Waals surface area contributed by atoms with E-state index in [1.807, 2.05) is 6.92 Å². The molecule has 2 N–H and O–H groups in total. The molecule has 0 heterocycles. The van der Waals surface area contributed by atoms with Crippen molar-refractivity contribution in [3.05, 3.63) is 0 Å². The van der Waals surface area contributed by atoms with Crippen LogP contribution in [0.25, 0.3) is 0 Å². The van der Waals surface area contributed by atoms with Crippen LogP contribution in [0.2, 0.25) is 0 Å². The summed E-state index contributed by atoms with van der Waals surface area (Å²) in [7, 11) is 2.66. The van der Waals surface area contributed by atoms with Crippen molar-refractivity contribution in [3.63, 3.8) is 0 Å². The quantitative estimate of drug-likeness (QED) is 0.695. The van der Waals surface area contributed by atoms with E-state index in [1.54, 1.807) is 0 Å². The molecule has 0 aromatic carbocycles. The molecular weight excluding hydrogens is 166 g/mol. The van der Waals surface area contributed by atoms with E-state index in [2.05, 4.69) is 0 Å². The van der Waals surface area contributed by atoms with Crippen LogP contribution in [-0.4, -0.2) is 26.7 Å². The summed E-state index contributed by atoms with van der Waals surface area (Å²) in [5.41, 5.74) is 5.75. The minimum Gasteiger partial charge on any atom is -0.315 e. The first-order chi connectivity index (χ1) is 5.16. The molecular formula is C6H17NO3S. The van der Waals surface area contributed by atoms with Crippen molar-refractivity contribution in [2.24, 2.45) is 5.73 Å². The standard InChI is InChI=1S/C6H17NO3S/c1-5-6(7)11(8-2,9-3)10-4/h6H,5,7H2,1-4H3. The SMILES string of the molecule is CCC(N)S(OC)(OC)OC. The van der Waals surface area contributed by atoms with Crippen molar-refractivity contribution in [3.8, 4) is 0 Å². The summed E-state index contributed by atoms with van der Waals surface area (Å²) in [6.45, 7) is 1.96. The van der Waals surface area contributed by atoms with Crippen molar-refractivity contribution in [2.45, 2.75) is 18.7 Å². The summed E-state index contributed by atoms with van der Waals surface area (Å²) >= 11 is 0. The summed E-state index contributed by atoms with van der Waals surface area (Å²) < 4.78 is 15.3. The van der Waals surface area contributed by atoms with Crippen molar-refractivity contribution < 1.29 is 12.5 Å². The van der Waals surface area contributed by atoms with E-state index in [4.69, 9.17) is 18.3 Å². The van der Waals surface area contributed by atoms with E-state index in [-0.39, 0.29) is 5.37 Å². The Labute approximate surface area is 69.9 Å². The Hall–Kier alpha value is 0.190. The van der Waals surface area contributed by atoms with Crippen molar-refractivity contribution in [1.29, 1.82) is 0 Å². The van der Waals surface area contributed by atoms with Crippen LogP contribution in [0.1, 0.15) is 13.3 Å². The predicted molar refractivity (Wildman–Crippen MR) is 46.9 cm³/mol. The molecule has 0 bridgehead atoms. The van der Waals surface area contributed by atoms with Gasteiger partial charge in [0, 0.05) is 0 Å². The third kappa shape index (κ3) is 2.31. The zero-order valence-corrected chi connectivity index (χ0v) is 8.31. The Kier molecular flexibility index (Phi) is 5.03. The lowest BCUT2D eigenvalue weighted by Gasteiger charge is -2.37. The maximum Gasteiger partial charge on any atom is 0.105 e. The van der Waals surface area contributed by atoms with Crippen LogP contribution in [0.5, 0.6) is 0 Å². The van der Waals surface area contributed by atoms with Crippen molar-refractivity contribution >= 4 is 10.9 Å². The lowest BCUT2D eigenvalue weighted by atomic mass is 10.5. The second-order valence-corrected chi connectivity index (χ2v) is 4.53. The largest absolute Gasteiger partial charge is 0.315 e. The molecule has 0 aliphatic rings. The Morgan fingerprint density at radius 1 is 1.18 bits per heavy atom. The van der Waals surface area contributed by atoms with Crippen molar-refractivity contribution in [1.82, 2.24) is 0 Å². The topological polar surface area (TPSA) is 53.7 Å². The lowest BCUT2D eigenvalue weighted by molar-refractivity contribution is 0.238. The van der Waals surface area contributed by atoms with Crippen LogP contribution >= 0.6 is 10.9 Å². The molecule has 70 valence electrons. The molecule has 0 fully saturated rings. The van der Waals surface area contributed by atoms with Gasteiger partial charge in [-0.15, -0.1) is 0 Å². The van der Waals surface area contributed by atoms with Gasteiger partial charge in [-0.2, -0.15) is 0 Å². The number of rotatable bonds is 5. The Morgan fingerprint density at radius 3 is 1.64 bits per heavy atom. The van der Waals surface area contributed by atoms with Crippen LogP contribution in [0, 0.1) is 0 Å². The highest BCUT2D eigenvalue weighted by molar-refractivity contribution is 8.22. The smallest absolute Gasteiger partial charge is 0.105 e. The van der Waals surface area contributed by atoms with Crippen LogP contribution in [0.4, 0.5) is 0 Å². The summed E-state index contributed by atoms with van der Waals surface area (Å²) in [6.07, 6.45) is 0.769. The first kappa shape index (κ1) is 11.2. The molecule has 0 amide bonds. The highest BCUT2D eigenvalue weighted by Crippen LogP contribution is 2.52. The summed E-state index contributed by atoms with van der Waals surface area (Å²) in [6, 6.07) is 0. The first-order valence-corrected chi connectivity index (χ1v) is 4.88. The zero-order valence-electron chi connectivity index (χ0n) is 7.49. The Morgan fingerprint density at radius 2 is 1.55 bits per heavy atom. The fourth-order valence-electron chi connectivity index (χ4n) is 0.779. The molecule has 11 heavy (non-hydrogen) atoms. The van der Waals surface area contributed by atoms with E-state index in [0.717, 1.165) is 6.42 Å². The van der Waals surface area contributed by atoms with Crippen LogP contribution in [0.3, 0.4) is 0 Å². The van der Waals surface area contributed by atoms with Gasteiger partial charge >= 0.3 is 0 Å². The van der Waals surface area contributed by atoms with Gasteiger partial charge in [-0.05, 0) is 6.42 Å². The van der Waals surface area contributed by atoms with Gasteiger partial charge in [0.2, 0.25) is 0 Å². The molecule has 0 aromatic rings. The molecule has 0 aliphatic carbocycles. The molecule has 0 rings (SSSR count). The zero-order chi connectivity index (χ0) is 8.91. The van der Waals surface area contributed by atoms with Gasteiger partial charge in [0.15, 0.2) is 0 Å². The summed E-state index contributed by atoms with van der Waals surface area (Å²) in [5.74, 6) is 0. The molecule has 0 saturated heterocycles. The minimum absolute atomic E-state index is 0.192. The molecule has 0 aromatic heterocycles. The minimum atomic E-state index is -1.96. The van der Waals surface area contributed by atoms with Gasteiger partial charge in [0.25, 0.3) is 0 Å². The number of hydrogen-bond acceptors (Lipinski definition) is 4. The van der Waals surface area contributed by atoms with Gasteiger partial charge < -0.3 is 5.73 Å². The molecule has 1 atom stereocenters. The maximum atomic E-state index is 5.75. The first-order valence-electron chi connectivity index (χ1n) is 3.41. The number of nitrogens with two attached hydrogens (primary N) is 1. The van der Waals surface area contributed by atoms with Crippen LogP contribution < -0.4 is 5.73 Å². The second kappa shape index (κ2) is 4.95. The molecule has 0 saturated carbocycles. The average Bonchev–Trinajstić information content (AvgIpc) is 2.08. The van der Waals surface area contributed by atoms with Gasteiger partial charge in [-0.3, -0.25) is 12.5 Å². The molecule has 5 heteroatoms. The molecule has 0 aliphatic heterocycles. The third-order valence-electron chi connectivity index (χ3n) is 1.47. The molecule has 0 radical (unpaired) electrons. The third-order valence-corrected chi connectivity index (χ3v) is 3.94. The predicted octanol–water partition coefficient (Wildman–Crippen LogP) is 1.17. The molecule has 1 unspecified atom stereocenters. The Bertz CT molecular complexity index is 99.7. The van der Waals surface area contributed by atoms with E-state index < -0.39 is 10.9 Å². The summed E-state index contributed by atoms with van der Waals surface area (Å²) in [4.78, 5) is 0. The fraction of sp³-hybridized carbons (Fsp3) is 1.00. The van der Waals surface area contributed by atoms with E-state index in [1.165, 1.54) is 21.3 Å². The van der Waals surface area contributed by atoms with E-state index >= 15 is 0 Å². The lowest BCUT2D eigenvalue weighted by Crippen LogP contribution is -2.29. The average molecular weight is 183 g/mol. The van der Waals surface area contributed by atoms with Gasteiger partial charge in [0.1, 0.15) is 16.2 Å². The fourth-order valence-corrected chi connectivity index (χ4v) is 2.34. The highest BCUT2D eigenvalue weighted by atomic mass is 32.3. The van der Waals surface area contributed by atoms with E-state index in [9.17, 15) is 0 Å². The van der Waals surface area contributed by atoms with Crippen LogP contribution in [0.15, 0.2) is 0 Å². The van der Waals surface area contributed by atoms with Gasteiger partial charge in [-0.25, -0.2) is 0 Å². The van der Waals surface area contributed by atoms with E-state index in [0.29, 0.717) is 0 Å². The van der Waals surface area contributed by atoms with Crippen molar-refractivity contribution in [2.75, 3.05) is 21.3 Å². The maximum absolute atomic E-state index is 5.75. The second-order valence-electron chi connectivity index (χ2n) is 1.94.